The van der Waals surface area contributed by atoms with Crippen molar-refractivity contribution in [1.82, 2.24) is 15.2 Å². The van der Waals surface area contributed by atoms with Crippen molar-refractivity contribution in [2.24, 2.45) is 0 Å². The molecule has 0 bridgehead atoms. The summed E-state index contributed by atoms with van der Waals surface area (Å²) in [7, 11) is 0. The number of anilines is 1. The summed E-state index contributed by atoms with van der Waals surface area (Å²) in [6.45, 7) is 1.09. The molecule has 1 amide bonds. The first-order valence-corrected chi connectivity index (χ1v) is 8.58. The normalized spacial score (nSPS) is 13.1. The summed E-state index contributed by atoms with van der Waals surface area (Å²) in [5.74, 6) is 0.731. The smallest absolute Gasteiger partial charge is 0.261 e. The zero-order valence-electron chi connectivity index (χ0n) is 13.1. The van der Waals surface area contributed by atoms with Gasteiger partial charge >= 0.3 is 0 Å². The van der Waals surface area contributed by atoms with Crippen molar-refractivity contribution in [3.8, 4) is 22.2 Å². The minimum absolute atomic E-state index is 0.314. The summed E-state index contributed by atoms with van der Waals surface area (Å²) in [5.41, 5.74) is 1.12. The van der Waals surface area contributed by atoms with Crippen LogP contribution in [0.5, 0.6) is 11.5 Å². The Kier molecular flexibility index (Phi) is 4.26. The second-order valence-electron chi connectivity index (χ2n) is 5.26. The molecule has 1 aromatic carbocycles. The lowest BCUT2D eigenvalue weighted by atomic mass is 10.1. The second kappa shape index (κ2) is 6.86. The van der Waals surface area contributed by atoms with Crippen LogP contribution in [0.15, 0.2) is 42.6 Å². The summed E-state index contributed by atoms with van der Waals surface area (Å²) in [5, 5.41) is 11.9. The number of carbonyl (C=O) groups excluding carboxylic acids is 1. The first-order valence-electron chi connectivity index (χ1n) is 7.76. The Morgan fingerprint density at radius 3 is 2.88 bits per heavy atom. The molecule has 8 heteroatoms. The molecule has 7 nitrogen and oxygen atoms in total. The fourth-order valence-corrected chi connectivity index (χ4v) is 3.12. The highest BCUT2D eigenvalue weighted by Crippen LogP contribution is 2.34. The molecule has 4 rings (SSSR count). The Morgan fingerprint density at radius 2 is 2.00 bits per heavy atom. The average molecular weight is 354 g/mol. The van der Waals surface area contributed by atoms with Crippen LogP contribution in [0.1, 0.15) is 16.8 Å². The molecule has 0 spiro atoms. The standard InChI is InChI=1S/C17H14N4O3S/c22-15(11-5-3-7-13-14(11)24-10-4-9-23-13)19-17-21-20-16(25-17)12-6-1-2-8-18-12/h1-3,5-8H,4,9-10H2,(H,19,21,22). The van der Waals surface area contributed by atoms with Gasteiger partial charge in [0, 0.05) is 12.6 Å². The Hall–Kier alpha value is -3.00. The summed E-state index contributed by atoms with van der Waals surface area (Å²) in [4.78, 5) is 16.8. The molecule has 0 aliphatic carbocycles. The summed E-state index contributed by atoms with van der Waals surface area (Å²) in [6.07, 6.45) is 2.46. The molecule has 0 saturated carbocycles. The minimum Gasteiger partial charge on any atom is -0.490 e. The molecule has 1 aliphatic heterocycles. The van der Waals surface area contributed by atoms with Crippen LogP contribution in [0.2, 0.25) is 0 Å². The van der Waals surface area contributed by atoms with Gasteiger partial charge in [0.05, 0.1) is 18.8 Å². The number of amides is 1. The van der Waals surface area contributed by atoms with E-state index in [-0.39, 0.29) is 5.91 Å². The Bertz CT molecular complexity index is 898. The number of para-hydroxylation sites is 1. The molecule has 126 valence electrons. The Morgan fingerprint density at radius 1 is 1.08 bits per heavy atom. The van der Waals surface area contributed by atoms with Crippen LogP contribution >= 0.6 is 11.3 Å². The lowest BCUT2D eigenvalue weighted by molar-refractivity contribution is 0.102. The van der Waals surface area contributed by atoms with Gasteiger partial charge in [-0.2, -0.15) is 0 Å². The van der Waals surface area contributed by atoms with Crippen LogP contribution in [0.4, 0.5) is 5.13 Å². The number of ether oxygens (including phenoxy) is 2. The SMILES string of the molecule is O=C(Nc1nnc(-c2ccccn2)s1)c1cccc2c1OCCCO2. The van der Waals surface area contributed by atoms with E-state index in [1.807, 2.05) is 18.2 Å². The van der Waals surface area contributed by atoms with Gasteiger partial charge in [-0.3, -0.25) is 15.1 Å². The lowest BCUT2D eigenvalue weighted by Crippen LogP contribution is -2.13. The molecule has 1 N–H and O–H groups in total. The van der Waals surface area contributed by atoms with Gasteiger partial charge < -0.3 is 9.47 Å². The number of fused-ring (bicyclic) bond motifs is 1. The zero-order chi connectivity index (χ0) is 17.1. The molecule has 3 aromatic rings. The predicted molar refractivity (Wildman–Crippen MR) is 93.1 cm³/mol. The highest BCUT2D eigenvalue weighted by Gasteiger charge is 2.20. The molecule has 3 heterocycles. The van der Waals surface area contributed by atoms with Crippen LogP contribution in [0, 0.1) is 0 Å². The molecule has 0 unspecified atom stereocenters. The van der Waals surface area contributed by atoms with E-state index in [1.165, 1.54) is 11.3 Å². The monoisotopic (exact) mass is 354 g/mol. The van der Waals surface area contributed by atoms with Gasteiger partial charge in [-0.05, 0) is 24.3 Å². The second-order valence-corrected chi connectivity index (χ2v) is 6.24. The third kappa shape index (κ3) is 3.29. The molecule has 0 atom stereocenters. The first-order chi connectivity index (χ1) is 12.3. The van der Waals surface area contributed by atoms with Gasteiger partial charge in [0.25, 0.3) is 5.91 Å². The average Bonchev–Trinajstić information content (AvgIpc) is 2.97. The van der Waals surface area contributed by atoms with E-state index in [4.69, 9.17) is 9.47 Å². The number of benzene rings is 1. The number of rotatable bonds is 3. The fraction of sp³-hybridized carbons (Fsp3) is 0.176. The molecular formula is C17H14N4O3S. The van der Waals surface area contributed by atoms with Crippen molar-refractivity contribution in [1.29, 1.82) is 0 Å². The number of hydrogen-bond acceptors (Lipinski definition) is 7. The largest absolute Gasteiger partial charge is 0.490 e. The van der Waals surface area contributed by atoms with Crippen molar-refractivity contribution < 1.29 is 14.3 Å². The maximum atomic E-state index is 12.6. The highest BCUT2D eigenvalue weighted by molar-refractivity contribution is 7.18. The van der Waals surface area contributed by atoms with Crippen LogP contribution < -0.4 is 14.8 Å². The van der Waals surface area contributed by atoms with Crippen LogP contribution in [-0.2, 0) is 0 Å². The van der Waals surface area contributed by atoms with Crippen molar-refractivity contribution in [2.75, 3.05) is 18.5 Å². The number of nitrogens with one attached hydrogen (secondary N) is 1. The Labute approximate surface area is 147 Å². The summed E-state index contributed by atoms with van der Waals surface area (Å²) >= 11 is 1.26. The van der Waals surface area contributed by atoms with Crippen LogP contribution in [0.25, 0.3) is 10.7 Å². The van der Waals surface area contributed by atoms with Gasteiger partial charge in [-0.1, -0.05) is 23.5 Å². The number of nitrogens with zero attached hydrogens (tertiary/aromatic N) is 3. The molecule has 2 aromatic heterocycles. The van der Waals surface area contributed by atoms with Gasteiger partial charge in [0.15, 0.2) is 16.5 Å². The van der Waals surface area contributed by atoms with Gasteiger partial charge in [-0.15, -0.1) is 10.2 Å². The molecule has 0 saturated heterocycles. The van der Waals surface area contributed by atoms with Gasteiger partial charge in [0.1, 0.15) is 5.69 Å². The van der Waals surface area contributed by atoms with Gasteiger partial charge in [-0.25, -0.2) is 0 Å². The fourth-order valence-electron chi connectivity index (χ4n) is 2.40. The lowest BCUT2D eigenvalue weighted by Gasteiger charge is -2.11. The van der Waals surface area contributed by atoms with Crippen molar-refractivity contribution in [3.05, 3.63) is 48.2 Å². The van der Waals surface area contributed by atoms with E-state index in [2.05, 4.69) is 20.5 Å². The molecule has 0 radical (unpaired) electrons. The zero-order valence-corrected chi connectivity index (χ0v) is 14.0. The van der Waals surface area contributed by atoms with Crippen LogP contribution in [0.3, 0.4) is 0 Å². The minimum atomic E-state index is -0.314. The molecule has 0 fully saturated rings. The quantitative estimate of drug-likeness (QED) is 0.778. The van der Waals surface area contributed by atoms with E-state index >= 15 is 0 Å². The Balaban J connectivity index is 1.56. The van der Waals surface area contributed by atoms with Crippen molar-refractivity contribution in [3.63, 3.8) is 0 Å². The maximum absolute atomic E-state index is 12.6. The van der Waals surface area contributed by atoms with E-state index < -0.39 is 0 Å². The first kappa shape index (κ1) is 15.5. The molecule has 1 aliphatic rings. The predicted octanol–water partition coefficient (Wildman–Crippen LogP) is 3.01. The van der Waals surface area contributed by atoms with E-state index in [0.717, 1.165) is 6.42 Å². The number of aromatic nitrogens is 3. The van der Waals surface area contributed by atoms with E-state index in [1.54, 1.807) is 24.4 Å². The van der Waals surface area contributed by atoms with Crippen molar-refractivity contribution in [2.45, 2.75) is 6.42 Å². The summed E-state index contributed by atoms with van der Waals surface area (Å²) in [6, 6.07) is 10.8. The number of carbonyl (C=O) groups is 1. The molecular weight excluding hydrogens is 340 g/mol. The molecule has 25 heavy (non-hydrogen) atoms. The van der Waals surface area contributed by atoms with E-state index in [9.17, 15) is 4.79 Å². The van der Waals surface area contributed by atoms with Gasteiger partial charge in [0.2, 0.25) is 5.13 Å². The number of hydrogen-bond donors (Lipinski definition) is 1. The number of pyridine rings is 1. The maximum Gasteiger partial charge on any atom is 0.261 e. The van der Waals surface area contributed by atoms with Crippen LogP contribution in [-0.4, -0.2) is 34.3 Å². The van der Waals surface area contributed by atoms with Crippen molar-refractivity contribution >= 4 is 22.4 Å². The van der Waals surface area contributed by atoms with E-state index in [0.29, 0.717) is 46.1 Å². The summed E-state index contributed by atoms with van der Waals surface area (Å²) < 4.78 is 11.3. The topological polar surface area (TPSA) is 86.2 Å². The highest BCUT2D eigenvalue weighted by atomic mass is 32.1. The third-order valence-electron chi connectivity index (χ3n) is 3.55. The third-order valence-corrected chi connectivity index (χ3v) is 4.41.